The van der Waals surface area contributed by atoms with Gasteiger partial charge in [0.05, 0.1) is 25.4 Å². The van der Waals surface area contributed by atoms with E-state index in [1.807, 2.05) is 0 Å². The molecule has 18 heteroatoms. The van der Waals surface area contributed by atoms with Gasteiger partial charge in [-0.3, -0.25) is 4.79 Å². The van der Waals surface area contributed by atoms with Crippen LogP contribution in [0.15, 0.2) is 11.6 Å². The zero-order valence-corrected chi connectivity index (χ0v) is 36.8. The Labute approximate surface area is 367 Å². The molecule has 4 aliphatic carbocycles. The van der Waals surface area contributed by atoms with E-state index in [1.165, 1.54) is 5.57 Å². The number of fused-ring (bicyclic) bond motifs is 9. The van der Waals surface area contributed by atoms with Crippen molar-refractivity contribution < 1.29 is 88.7 Å². The molecule has 63 heavy (non-hydrogen) atoms. The molecule has 7 fully saturated rings. The lowest BCUT2D eigenvalue weighted by molar-refractivity contribution is -0.395. The van der Waals surface area contributed by atoms with Crippen LogP contribution in [-0.4, -0.2) is 175 Å². The summed E-state index contributed by atoms with van der Waals surface area (Å²) in [6, 6.07) is 0. The summed E-state index contributed by atoms with van der Waals surface area (Å²) in [6.45, 7) is 9.97. The van der Waals surface area contributed by atoms with Gasteiger partial charge in [-0.25, -0.2) is 4.79 Å². The lowest BCUT2D eigenvalue weighted by Gasteiger charge is -2.60. The second-order valence-electron chi connectivity index (χ2n) is 20.9. The highest BCUT2D eigenvalue weighted by atomic mass is 16.8. The van der Waals surface area contributed by atoms with Gasteiger partial charge in [0.2, 0.25) is 0 Å². The number of ketones is 1. The topological polar surface area (TPSA) is 281 Å². The smallest absolute Gasteiger partial charge is 0.335 e. The minimum Gasteiger partial charge on any atom is -0.479 e. The first-order chi connectivity index (χ1) is 29.8. The van der Waals surface area contributed by atoms with Crippen molar-refractivity contribution in [3.63, 3.8) is 0 Å². The molecular weight excluding hydrogens is 828 g/mol. The summed E-state index contributed by atoms with van der Waals surface area (Å²) >= 11 is 0. The van der Waals surface area contributed by atoms with Crippen molar-refractivity contribution in [2.24, 2.45) is 46.3 Å². The molecule has 0 unspecified atom stereocenters. The predicted molar refractivity (Wildman–Crippen MR) is 216 cm³/mol. The summed E-state index contributed by atoms with van der Waals surface area (Å²) in [5.74, 6) is -0.106. The number of rotatable bonds is 7. The van der Waals surface area contributed by atoms with E-state index < -0.39 is 117 Å². The number of aliphatic carboxylic acids is 1. The number of allylic oxidation sites excluding steroid dienone is 1. The molecule has 4 saturated heterocycles. The maximum atomic E-state index is 13.0. The molecule has 3 saturated carbocycles. The highest BCUT2D eigenvalue weighted by Crippen LogP contribution is 2.67. The average Bonchev–Trinajstić information content (AvgIpc) is 3.59. The van der Waals surface area contributed by atoms with E-state index in [0.29, 0.717) is 49.7 Å². The summed E-state index contributed by atoms with van der Waals surface area (Å²) in [7, 11) is 0. The second kappa shape index (κ2) is 18.4. The molecule has 4 aliphatic heterocycles. The molecule has 0 amide bonds. The van der Waals surface area contributed by atoms with Gasteiger partial charge in [0.1, 0.15) is 72.9 Å². The van der Waals surface area contributed by atoms with E-state index in [0.717, 1.165) is 25.7 Å². The Hall–Kier alpha value is -1.72. The Balaban J connectivity index is 1.15. The Morgan fingerprint density at radius 2 is 1.35 bits per heavy atom. The Kier molecular flexibility index (Phi) is 14.0. The van der Waals surface area contributed by atoms with Crippen LogP contribution < -0.4 is 0 Å². The molecule has 8 rings (SSSR count). The zero-order chi connectivity index (χ0) is 45.4. The number of aliphatic hydroxyl groups is 8. The van der Waals surface area contributed by atoms with E-state index in [9.17, 15) is 55.5 Å². The van der Waals surface area contributed by atoms with Crippen LogP contribution in [0.3, 0.4) is 0 Å². The van der Waals surface area contributed by atoms with Crippen LogP contribution in [0.2, 0.25) is 0 Å². The molecule has 358 valence electrons. The van der Waals surface area contributed by atoms with Gasteiger partial charge in [0, 0.05) is 12.8 Å². The number of carboxylic acids is 1. The maximum absolute atomic E-state index is 13.0. The third-order valence-corrected chi connectivity index (χ3v) is 16.6. The number of carbonyl (C=O) groups excluding carboxylic acids is 1. The Morgan fingerprint density at radius 3 is 2.03 bits per heavy atom. The fourth-order valence-corrected chi connectivity index (χ4v) is 13.3. The number of ether oxygens (including phenoxy) is 7. The van der Waals surface area contributed by atoms with Crippen LogP contribution in [0.25, 0.3) is 0 Å². The monoisotopic (exact) mass is 898 g/mol. The van der Waals surface area contributed by atoms with Crippen molar-refractivity contribution >= 4 is 11.8 Å². The molecule has 0 aromatic carbocycles. The fourth-order valence-electron chi connectivity index (χ4n) is 13.3. The van der Waals surface area contributed by atoms with E-state index in [-0.39, 0.29) is 41.1 Å². The van der Waals surface area contributed by atoms with E-state index in [4.69, 9.17) is 33.2 Å². The number of carbonyl (C=O) groups is 2. The second-order valence-corrected chi connectivity index (χ2v) is 20.9. The summed E-state index contributed by atoms with van der Waals surface area (Å²) in [6.07, 6.45) is -18.6. The first-order valence-electron chi connectivity index (χ1n) is 23.1. The molecule has 4 heterocycles. The van der Waals surface area contributed by atoms with Gasteiger partial charge in [-0.2, -0.15) is 0 Å². The SMILES string of the molecule is CC(C)CC(=O)C[C@@H](C)[C@H]1CC[C@H]2C3=C[C@H]4OC[C@@H]5O[C@@H](O[C@@H]6[C@H](O[C@H]7[C@@H](O[C@H]8CC[C@](C)([C@@H]3CC[C@]12C)[C@H]4C8)O[C@@H](C(=O)O)[C@H](O)[C@H]7O)O[C@@H](CO)[C@@H](O)[C@@H]6O)[C@@H](O)[C@@H](O)[C@@H]5O. The number of carboxylic acid groups (broad SMARTS) is 1. The maximum Gasteiger partial charge on any atom is 0.335 e. The minimum absolute atomic E-state index is 0.0371. The van der Waals surface area contributed by atoms with Gasteiger partial charge < -0.3 is 79.1 Å². The molecule has 9 N–H and O–H groups in total. The van der Waals surface area contributed by atoms with Crippen molar-refractivity contribution in [2.75, 3.05) is 13.2 Å². The van der Waals surface area contributed by atoms with E-state index >= 15 is 0 Å². The molecule has 8 aliphatic rings. The highest BCUT2D eigenvalue weighted by molar-refractivity contribution is 5.78. The highest BCUT2D eigenvalue weighted by Gasteiger charge is 2.62. The van der Waals surface area contributed by atoms with Crippen molar-refractivity contribution in [1.82, 2.24) is 0 Å². The van der Waals surface area contributed by atoms with Crippen LogP contribution in [0.4, 0.5) is 0 Å². The third-order valence-electron chi connectivity index (χ3n) is 16.6. The zero-order valence-electron chi connectivity index (χ0n) is 36.8. The standard InChI is InChI=1S/C45H70O18/c1-18(2)12-20(47)13-19(3)23-6-7-24-22-15-27-26-14-21(8-10-45(26,5)25(22)9-11-44(23,24)4)58-42-39(35(53)34(52)37(61-42)40(55)56)63-43-38(33(51)30(48)28(16-46)59-43)62-41-36(54)32(50)31(49)29(60-41)17-57-27/h15,18-19,21,23-39,41-43,46,48-54H,6-14,16-17H2,1-5H3,(H,55,56)/t19-,21+,23-,24+,25-,26+,27-,28+,29+,30-,31-,32+,33+,34-,35-,36+,37-,38+,39-,41+,42+,43+,44-,45-/m1/s1. The van der Waals surface area contributed by atoms with Gasteiger partial charge >= 0.3 is 5.97 Å². The van der Waals surface area contributed by atoms with E-state index in [2.05, 4.69) is 40.7 Å². The largest absolute Gasteiger partial charge is 0.479 e. The number of aliphatic hydroxyl groups excluding tert-OH is 8. The van der Waals surface area contributed by atoms with Gasteiger partial charge in [-0.1, -0.05) is 46.3 Å². The average molecular weight is 899 g/mol. The lowest BCUT2D eigenvalue weighted by atomic mass is 9.47. The molecule has 4 bridgehead atoms. The molecule has 0 aromatic heterocycles. The molecule has 24 atom stereocenters. The number of hydrogen-bond donors (Lipinski definition) is 9. The summed E-state index contributed by atoms with van der Waals surface area (Å²) in [4.78, 5) is 25.4. The fraction of sp³-hybridized carbons (Fsp3) is 0.911. The van der Waals surface area contributed by atoms with Crippen LogP contribution in [0, 0.1) is 46.3 Å². The van der Waals surface area contributed by atoms with Gasteiger partial charge in [0.25, 0.3) is 0 Å². The predicted octanol–water partition coefficient (Wildman–Crippen LogP) is 0.149. The van der Waals surface area contributed by atoms with Crippen molar-refractivity contribution in [2.45, 2.75) is 197 Å². The molecule has 0 spiro atoms. The first kappa shape index (κ1) is 47.8. The minimum atomic E-state index is -2.02. The first-order valence-corrected chi connectivity index (χ1v) is 23.1. The van der Waals surface area contributed by atoms with Crippen LogP contribution >= 0.6 is 0 Å². The third kappa shape index (κ3) is 8.60. The molecule has 0 radical (unpaired) electrons. The molecular formula is C45H70O18. The molecule has 0 aromatic rings. The van der Waals surface area contributed by atoms with Crippen molar-refractivity contribution in [3.8, 4) is 0 Å². The number of Topliss-reactive ketones (excluding diaryl/α,β-unsaturated/α-hetero) is 1. The lowest BCUT2D eigenvalue weighted by Crippen LogP contribution is -2.67. The summed E-state index contributed by atoms with van der Waals surface area (Å²) < 4.78 is 43.3. The Bertz CT molecular complexity index is 1680. The van der Waals surface area contributed by atoms with Crippen LogP contribution in [-0.2, 0) is 42.7 Å². The van der Waals surface area contributed by atoms with Gasteiger partial charge in [-0.15, -0.1) is 0 Å². The van der Waals surface area contributed by atoms with Gasteiger partial charge in [-0.05, 0) is 91.3 Å². The van der Waals surface area contributed by atoms with Gasteiger partial charge in [0.15, 0.2) is 25.0 Å². The Morgan fingerprint density at radius 1 is 0.698 bits per heavy atom. The normalized spacial score (nSPS) is 51.8. The van der Waals surface area contributed by atoms with Crippen LogP contribution in [0.5, 0.6) is 0 Å². The quantitative estimate of drug-likeness (QED) is 0.154. The summed E-state index contributed by atoms with van der Waals surface area (Å²) in [5.41, 5.74) is 0.979. The van der Waals surface area contributed by atoms with Crippen molar-refractivity contribution in [1.29, 1.82) is 0 Å². The van der Waals surface area contributed by atoms with E-state index in [1.54, 1.807) is 0 Å². The molecule has 18 nitrogen and oxygen atoms in total. The van der Waals surface area contributed by atoms with Crippen molar-refractivity contribution in [3.05, 3.63) is 11.6 Å². The summed E-state index contributed by atoms with van der Waals surface area (Å²) in [5, 5.41) is 98.3. The number of hydrogen-bond acceptors (Lipinski definition) is 17. The van der Waals surface area contributed by atoms with Crippen LogP contribution in [0.1, 0.15) is 92.4 Å².